The third-order valence-electron chi connectivity index (χ3n) is 3.13. The van der Waals surface area contributed by atoms with Crippen molar-refractivity contribution in [3.63, 3.8) is 0 Å². The summed E-state index contributed by atoms with van der Waals surface area (Å²) in [5, 5.41) is 6.71. The summed E-state index contributed by atoms with van der Waals surface area (Å²) in [5.41, 5.74) is 0.931. The molecule has 1 rings (SSSR count). The van der Waals surface area contributed by atoms with E-state index >= 15 is 0 Å². The van der Waals surface area contributed by atoms with Crippen LogP contribution in [0, 0.1) is 0 Å². The summed E-state index contributed by atoms with van der Waals surface area (Å²) in [6.45, 7) is 7.82. The summed E-state index contributed by atoms with van der Waals surface area (Å²) in [7, 11) is 1.80. The molecular formula is C18H32IN3OS. The highest BCUT2D eigenvalue weighted by Crippen LogP contribution is 2.22. The van der Waals surface area contributed by atoms with E-state index in [9.17, 15) is 0 Å². The predicted octanol–water partition coefficient (Wildman–Crippen LogP) is 4.29. The van der Waals surface area contributed by atoms with E-state index < -0.39 is 0 Å². The number of aliphatic imine (C=N–C) groups is 1. The van der Waals surface area contributed by atoms with Crippen molar-refractivity contribution < 1.29 is 4.74 Å². The summed E-state index contributed by atoms with van der Waals surface area (Å²) in [5.74, 6) is 2.97. The van der Waals surface area contributed by atoms with Crippen LogP contribution in [-0.2, 0) is 6.54 Å². The van der Waals surface area contributed by atoms with Crippen LogP contribution in [0.4, 0.5) is 0 Å². The second-order valence-electron chi connectivity index (χ2n) is 6.37. The van der Waals surface area contributed by atoms with Crippen LogP contribution in [0.1, 0.15) is 39.2 Å². The number of thioether (sulfide) groups is 1. The molecule has 0 atom stereocenters. The van der Waals surface area contributed by atoms with Gasteiger partial charge in [0.1, 0.15) is 11.4 Å². The normalized spacial score (nSPS) is 11.6. The second kappa shape index (κ2) is 12.7. The maximum Gasteiger partial charge on any atom is 0.191 e. The molecule has 4 nitrogen and oxygen atoms in total. The van der Waals surface area contributed by atoms with E-state index in [0.717, 1.165) is 30.2 Å². The Bertz CT molecular complexity index is 489. The maximum atomic E-state index is 6.02. The fourth-order valence-corrected chi connectivity index (χ4v) is 2.55. The first-order chi connectivity index (χ1) is 11.0. The lowest BCUT2D eigenvalue weighted by Crippen LogP contribution is -2.37. The molecule has 0 aromatic heterocycles. The Hall–Kier alpha value is -0.630. The van der Waals surface area contributed by atoms with E-state index in [1.807, 2.05) is 30.0 Å². The van der Waals surface area contributed by atoms with Gasteiger partial charge in [0.2, 0.25) is 0 Å². The zero-order valence-corrected chi connectivity index (χ0v) is 18.7. The molecule has 0 saturated heterocycles. The molecule has 0 aliphatic heterocycles. The van der Waals surface area contributed by atoms with E-state index in [1.54, 1.807) is 7.05 Å². The molecule has 0 bridgehead atoms. The van der Waals surface area contributed by atoms with Crippen LogP contribution in [0.15, 0.2) is 29.3 Å². The van der Waals surface area contributed by atoms with Crippen molar-refractivity contribution in [1.82, 2.24) is 10.6 Å². The maximum absolute atomic E-state index is 6.02. The number of ether oxygens (including phenoxy) is 1. The molecular weight excluding hydrogens is 433 g/mol. The number of nitrogens with zero attached hydrogens (tertiary/aromatic N) is 1. The van der Waals surface area contributed by atoms with Gasteiger partial charge in [0.25, 0.3) is 0 Å². The molecule has 2 N–H and O–H groups in total. The number of unbranched alkanes of at least 4 members (excludes halogenated alkanes) is 1. The standard InChI is InChI=1S/C18H31N3OS.HI/c1-18(2,3)22-16-11-7-6-10-15(16)14-21-17(19-4)20-12-8-9-13-23-5;/h6-7,10-11H,8-9,12-14H2,1-5H3,(H2,19,20,21);1H. The molecule has 1 aromatic rings. The van der Waals surface area contributed by atoms with Crippen LogP contribution in [-0.4, -0.2) is 37.2 Å². The lowest BCUT2D eigenvalue weighted by Gasteiger charge is -2.23. The van der Waals surface area contributed by atoms with Crippen LogP contribution >= 0.6 is 35.7 Å². The monoisotopic (exact) mass is 465 g/mol. The molecule has 0 spiro atoms. The molecule has 0 aliphatic carbocycles. The molecule has 24 heavy (non-hydrogen) atoms. The van der Waals surface area contributed by atoms with Crippen LogP contribution in [0.25, 0.3) is 0 Å². The van der Waals surface area contributed by atoms with E-state index in [-0.39, 0.29) is 29.6 Å². The first-order valence-electron chi connectivity index (χ1n) is 8.16. The number of nitrogens with one attached hydrogen (secondary N) is 2. The van der Waals surface area contributed by atoms with Gasteiger partial charge >= 0.3 is 0 Å². The molecule has 0 aliphatic rings. The number of benzene rings is 1. The van der Waals surface area contributed by atoms with Crippen molar-refractivity contribution in [2.45, 2.75) is 45.8 Å². The number of guanidine groups is 1. The van der Waals surface area contributed by atoms with Crippen LogP contribution in [0.2, 0.25) is 0 Å². The highest BCUT2D eigenvalue weighted by Gasteiger charge is 2.14. The SMILES string of the molecule is CN=C(NCCCCSC)NCc1ccccc1OC(C)(C)C.I. The zero-order chi connectivity index (χ0) is 17.1. The predicted molar refractivity (Wildman–Crippen MR) is 118 cm³/mol. The molecule has 0 heterocycles. The van der Waals surface area contributed by atoms with Gasteiger partial charge in [-0.15, -0.1) is 24.0 Å². The van der Waals surface area contributed by atoms with E-state index in [4.69, 9.17) is 4.74 Å². The Morgan fingerprint density at radius 1 is 1.17 bits per heavy atom. The van der Waals surface area contributed by atoms with Crippen molar-refractivity contribution in [1.29, 1.82) is 0 Å². The minimum atomic E-state index is -0.201. The summed E-state index contributed by atoms with van der Waals surface area (Å²) >= 11 is 1.89. The molecule has 0 unspecified atom stereocenters. The molecule has 0 radical (unpaired) electrons. The van der Waals surface area contributed by atoms with Gasteiger partial charge in [-0.1, -0.05) is 18.2 Å². The Morgan fingerprint density at radius 3 is 2.50 bits per heavy atom. The van der Waals surface area contributed by atoms with Gasteiger partial charge in [0.15, 0.2) is 5.96 Å². The average Bonchev–Trinajstić information content (AvgIpc) is 2.50. The topological polar surface area (TPSA) is 45.7 Å². The molecule has 0 fully saturated rings. The smallest absolute Gasteiger partial charge is 0.191 e. The molecule has 0 saturated carbocycles. The number of para-hydroxylation sites is 1. The van der Waals surface area contributed by atoms with E-state index in [1.165, 1.54) is 12.2 Å². The Morgan fingerprint density at radius 2 is 1.88 bits per heavy atom. The Balaban J connectivity index is 0.00000529. The van der Waals surface area contributed by atoms with E-state index in [2.05, 4.69) is 48.7 Å². The van der Waals surface area contributed by atoms with Crippen molar-refractivity contribution in [2.24, 2.45) is 4.99 Å². The van der Waals surface area contributed by atoms with Crippen LogP contribution in [0.5, 0.6) is 5.75 Å². The molecule has 1 aromatic carbocycles. The number of rotatable bonds is 8. The minimum absolute atomic E-state index is 0. The molecule has 0 amide bonds. The van der Waals surface area contributed by atoms with Gasteiger partial charge in [-0.25, -0.2) is 0 Å². The summed E-state index contributed by atoms with van der Waals surface area (Å²) in [6, 6.07) is 8.13. The van der Waals surface area contributed by atoms with Gasteiger partial charge in [-0.3, -0.25) is 4.99 Å². The van der Waals surface area contributed by atoms with Gasteiger partial charge in [-0.2, -0.15) is 11.8 Å². The highest BCUT2D eigenvalue weighted by molar-refractivity contribution is 14.0. The van der Waals surface area contributed by atoms with Gasteiger partial charge in [0, 0.05) is 25.7 Å². The number of hydrogen-bond acceptors (Lipinski definition) is 3. The third-order valence-corrected chi connectivity index (χ3v) is 3.82. The van der Waals surface area contributed by atoms with Crippen molar-refractivity contribution in [2.75, 3.05) is 25.6 Å². The van der Waals surface area contributed by atoms with E-state index in [0.29, 0.717) is 6.54 Å². The summed E-state index contributed by atoms with van der Waals surface area (Å²) in [4.78, 5) is 4.27. The van der Waals surface area contributed by atoms with Crippen LogP contribution in [0.3, 0.4) is 0 Å². The van der Waals surface area contributed by atoms with Crippen LogP contribution < -0.4 is 15.4 Å². The highest BCUT2D eigenvalue weighted by atomic mass is 127. The first-order valence-corrected chi connectivity index (χ1v) is 9.56. The first kappa shape index (κ1) is 23.4. The van der Waals surface area contributed by atoms with Gasteiger partial charge in [-0.05, 0) is 51.7 Å². The summed E-state index contributed by atoms with van der Waals surface area (Å²) < 4.78 is 6.02. The fourth-order valence-electron chi connectivity index (χ4n) is 2.06. The zero-order valence-electron chi connectivity index (χ0n) is 15.5. The third kappa shape index (κ3) is 10.3. The quantitative estimate of drug-likeness (QED) is 0.260. The molecule has 138 valence electrons. The van der Waals surface area contributed by atoms with Gasteiger partial charge in [0.05, 0.1) is 0 Å². The minimum Gasteiger partial charge on any atom is -0.488 e. The fraction of sp³-hybridized carbons (Fsp3) is 0.611. The van der Waals surface area contributed by atoms with Crippen molar-refractivity contribution in [3.8, 4) is 5.75 Å². The van der Waals surface area contributed by atoms with Crippen molar-refractivity contribution in [3.05, 3.63) is 29.8 Å². The lowest BCUT2D eigenvalue weighted by atomic mass is 10.1. The number of halogens is 1. The Labute approximate surface area is 168 Å². The largest absolute Gasteiger partial charge is 0.488 e. The average molecular weight is 465 g/mol. The number of hydrogen-bond donors (Lipinski definition) is 2. The Kier molecular flexibility index (Phi) is 12.4. The second-order valence-corrected chi connectivity index (χ2v) is 7.36. The molecule has 6 heteroatoms. The lowest BCUT2D eigenvalue weighted by molar-refractivity contribution is 0.129. The van der Waals surface area contributed by atoms with Gasteiger partial charge < -0.3 is 15.4 Å². The van der Waals surface area contributed by atoms with Crippen molar-refractivity contribution >= 4 is 41.7 Å². The summed E-state index contributed by atoms with van der Waals surface area (Å²) in [6.07, 6.45) is 4.53.